The third kappa shape index (κ3) is 10.4. The third-order valence-corrected chi connectivity index (χ3v) is 4.36. The Morgan fingerprint density at radius 1 is 1.23 bits per heavy atom. The Morgan fingerprint density at radius 2 is 1.96 bits per heavy atom. The van der Waals surface area contributed by atoms with Gasteiger partial charge in [0.15, 0.2) is 5.96 Å². The van der Waals surface area contributed by atoms with Gasteiger partial charge in [-0.3, -0.25) is 9.67 Å². The van der Waals surface area contributed by atoms with Gasteiger partial charge in [0.25, 0.3) is 0 Å². The summed E-state index contributed by atoms with van der Waals surface area (Å²) in [6, 6.07) is 2.74. The van der Waals surface area contributed by atoms with Crippen LogP contribution in [-0.4, -0.2) is 59.9 Å². The molecule has 26 heavy (non-hydrogen) atoms. The van der Waals surface area contributed by atoms with Crippen LogP contribution >= 0.6 is 24.0 Å². The van der Waals surface area contributed by atoms with E-state index in [0.29, 0.717) is 6.04 Å². The lowest BCUT2D eigenvalue weighted by Crippen LogP contribution is -2.38. The zero-order chi connectivity index (χ0) is 18.7. The van der Waals surface area contributed by atoms with Crippen molar-refractivity contribution in [3.63, 3.8) is 0 Å². The Kier molecular flexibility index (Phi) is 13.8. The lowest BCUT2D eigenvalue weighted by molar-refractivity contribution is 0.268. The van der Waals surface area contributed by atoms with Crippen LogP contribution in [0, 0.1) is 13.8 Å². The normalized spacial score (nSPS) is 11.8. The van der Waals surface area contributed by atoms with Crippen molar-refractivity contribution in [3.8, 4) is 0 Å². The van der Waals surface area contributed by atoms with Crippen molar-refractivity contribution in [2.75, 3.05) is 33.2 Å². The quantitative estimate of drug-likeness (QED) is 0.222. The van der Waals surface area contributed by atoms with E-state index in [1.807, 2.05) is 6.92 Å². The molecular weight excluding hydrogens is 439 g/mol. The summed E-state index contributed by atoms with van der Waals surface area (Å²) < 4.78 is 2.07. The van der Waals surface area contributed by atoms with Crippen LogP contribution in [0.2, 0.25) is 0 Å². The summed E-state index contributed by atoms with van der Waals surface area (Å²) in [5.41, 5.74) is 2.30. The fourth-order valence-corrected chi connectivity index (χ4v) is 2.61. The van der Waals surface area contributed by atoms with E-state index >= 15 is 0 Å². The minimum absolute atomic E-state index is 0. The van der Waals surface area contributed by atoms with E-state index < -0.39 is 0 Å². The summed E-state index contributed by atoms with van der Waals surface area (Å²) in [7, 11) is 2.19. The standard InChI is InChI=1S/C19H38N6.HI/c1-7-20-19(21-11-8-9-13-24(6)16(2)3)22-12-10-14-25-18(5)15-17(4)23-25;/h15-16H,7-14H2,1-6H3,(H2,20,21,22);1H. The third-order valence-electron chi connectivity index (χ3n) is 4.36. The molecule has 0 unspecified atom stereocenters. The number of aryl methyl sites for hydroxylation is 3. The molecule has 0 spiro atoms. The number of rotatable bonds is 11. The number of aliphatic imine (C=N–C) groups is 1. The Labute approximate surface area is 177 Å². The first-order valence-electron chi connectivity index (χ1n) is 9.67. The van der Waals surface area contributed by atoms with Crippen LogP contribution in [0.5, 0.6) is 0 Å². The molecule has 0 aromatic carbocycles. The summed E-state index contributed by atoms with van der Waals surface area (Å²) >= 11 is 0. The highest BCUT2D eigenvalue weighted by Gasteiger charge is 2.03. The summed E-state index contributed by atoms with van der Waals surface area (Å²) in [5, 5.41) is 11.2. The van der Waals surface area contributed by atoms with Gasteiger partial charge in [-0.25, -0.2) is 0 Å². The molecular formula is C19H39IN6. The molecule has 0 bridgehead atoms. The van der Waals surface area contributed by atoms with E-state index in [1.54, 1.807) is 0 Å². The average Bonchev–Trinajstić information content (AvgIpc) is 2.88. The van der Waals surface area contributed by atoms with Gasteiger partial charge >= 0.3 is 0 Å². The Hall–Kier alpha value is -0.830. The zero-order valence-corrected chi connectivity index (χ0v) is 19.8. The maximum Gasteiger partial charge on any atom is 0.191 e. The first-order chi connectivity index (χ1) is 11.9. The lowest BCUT2D eigenvalue weighted by atomic mass is 10.2. The Morgan fingerprint density at radius 3 is 2.54 bits per heavy atom. The van der Waals surface area contributed by atoms with Crippen molar-refractivity contribution in [1.29, 1.82) is 0 Å². The highest BCUT2D eigenvalue weighted by atomic mass is 127. The number of nitrogens with zero attached hydrogens (tertiary/aromatic N) is 4. The number of guanidine groups is 1. The van der Waals surface area contributed by atoms with E-state index in [9.17, 15) is 0 Å². The molecule has 7 heteroatoms. The molecule has 2 N–H and O–H groups in total. The second-order valence-corrected chi connectivity index (χ2v) is 6.97. The van der Waals surface area contributed by atoms with Crippen molar-refractivity contribution in [2.45, 2.75) is 66.5 Å². The van der Waals surface area contributed by atoms with Crippen LogP contribution in [0.15, 0.2) is 11.1 Å². The zero-order valence-electron chi connectivity index (χ0n) is 17.5. The van der Waals surface area contributed by atoms with Crippen LogP contribution in [0.1, 0.15) is 51.4 Å². The summed E-state index contributed by atoms with van der Waals surface area (Å²) in [6.45, 7) is 15.4. The van der Waals surface area contributed by atoms with E-state index in [0.717, 1.165) is 57.2 Å². The molecule has 1 aromatic heterocycles. The maximum absolute atomic E-state index is 4.67. The molecule has 1 aromatic rings. The van der Waals surface area contributed by atoms with E-state index in [2.05, 4.69) is 71.1 Å². The Balaban J connectivity index is 0.00000625. The maximum atomic E-state index is 4.67. The van der Waals surface area contributed by atoms with Crippen molar-refractivity contribution >= 4 is 29.9 Å². The van der Waals surface area contributed by atoms with Gasteiger partial charge in [0.2, 0.25) is 0 Å². The first kappa shape index (κ1) is 25.2. The van der Waals surface area contributed by atoms with Crippen LogP contribution in [0.25, 0.3) is 0 Å². The molecule has 0 amide bonds. The van der Waals surface area contributed by atoms with Gasteiger partial charge in [-0.05, 0) is 73.5 Å². The topological polar surface area (TPSA) is 57.5 Å². The monoisotopic (exact) mass is 478 g/mol. The van der Waals surface area contributed by atoms with E-state index in [1.165, 1.54) is 12.1 Å². The second-order valence-electron chi connectivity index (χ2n) is 6.97. The summed E-state index contributed by atoms with van der Waals surface area (Å²) in [6.07, 6.45) is 3.37. The molecule has 0 saturated carbocycles. The fraction of sp³-hybridized carbons (Fsp3) is 0.789. The molecule has 0 radical (unpaired) electrons. The molecule has 0 fully saturated rings. The summed E-state index contributed by atoms with van der Waals surface area (Å²) in [4.78, 5) is 7.06. The van der Waals surface area contributed by atoms with Gasteiger partial charge < -0.3 is 15.5 Å². The predicted molar refractivity (Wildman–Crippen MR) is 123 cm³/mol. The molecule has 0 atom stereocenters. The van der Waals surface area contributed by atoms with Gasteiger partial charge in [-0.15, -0.1) is 24.0 Å². The number of hydrogen-bond acceptors (Lipinski definition) is 3. The van der Waals surface area contributed by atoms with Crippen molar-refractivity contribution in [1.82, 2.24) is 25.3 Å². The average molecular weight is 478 g/mol. The lowest BCUT2D eigenvalue weighted by Gasteiger charge is -2.20. The van der Waals surface area contributed by atoms with Crippen molar-refractivity contribution < 1.29 is 0 Å². The molecule has 0 aliphatic carbocycles. The number of halogens is 1. The SMILES string of the molecule is CCNC(=NCCCn1nc(C)cc1C)NCCCCN(C)C(C)C.I. The Bertz CT molecular complexity index is 512. The number of aromatic nitrogens is 2. The molecule has 152 valence electrons. The van der Waals surface area contributed by atoms with Crippen LogP contribution in [0.3, 0.4) is 0 Å². The van der Waals surface area contributed by atoms with E-state index in [4.69, 9.17) is 0 Å². The van der Waals surface area contributed by atoms with Crippen molar-refractivity contribution in [3.05, 3.63) is 17.5 Å². The van der Waals surface area contributed by atoms with Crippen molar-refractivity contribution in [2.24, 2.45) is 4.99 Å². The van der Waals surface area contributed by atoms with Gasteiger partial charge in [0.05, 0.1) is 5.69 Å². The minimum Gasteiger partial charge on any atom is -0.357 e. The number of nitrogens with one attached hydrogen (secondary N) is 2. The fourth-order valence-electron chi connectivity index (χ4n) is 2.61. The van der Waals surface area contributed by atoms with E-state index in [-0.39, 0.29) is 24.0 Å². The molecule has 0 aliphatic rings. The molecule has 1 rings (SSSR count). The summed E-state index contributed by atoms with van der Waals surface area (Å²) in [5.74, 6) is 0.924. The smallest absolute Gasteiger partial charge is 0.191 e. The number of hydrogen-bond donors (Lipinski definition) is 2. The van der Waals surface area contributed by atoms with Gasteiger partial charge in [-0.2, -0.15) is 5.10 Å². The highest BCUT2D eigenvalue weighted by molar-refractivity contribution is 14.0. The molecule has 0 aliphatic heterocycles. The highest BCUT2D eigenvalue weighted by Crippen LogP contribution is 2.02. The molecule has 0 saturated heterocycles. The molecule has 1 heterocycles. The largest absolute Gasteiger partial charge is 0.357 e. The molecule has 6 nitrogen and oxygen atoms in total. The van der Waals surface area contributed by atoms with Gasteiger partial charge in [0.1, 0.15) is 0 Å². The van der Waals surface area contributed by atoms with Crippen LogP contribution in [0.4, 0.5) is 0 Å². The van der Waals surface area contributed by atoms with Crippen LogP contribution < -0.4 is 10.6 Å². The minimum atomic E-state index is 0. The van der Waals surface area contributed by atoms with Crippen LogP contribution in [-0.2, 0) is 6.54 Å². The first-order valence-corrected chi connectivity index (χ1v) is 9.67. The predicted octanol–water partition coefficient (Wildman–Crippen LogP) is 3.18. The number of unbranched alkanes of at least 4 members (excludes halogenated alkanes) is 1. The van der Waals surface area contributed by atoms with Gasteiger partial charge in [-0.1, -0.05) is 0 Å². The van der Waals surface area contributed by atoms with Gasteiger partial charge in [0, 0.05) is 37.9 Å². The second kappa shape index (κ2) is 14.3.